The molecule has 306 valence electrons. The van der Waals surface area contributed by atoms with Crippen molar-refractivity contribution in [3.63, 3.8) is 0 Å². The minimum absolute atomic E-state index is 0. The van der Waals surface area contributed by atoms with E-state index in [1.165, 1.54) is 27.8 Å². The topological polar surface area (TPSA) is 74.6 Å². The van der Waals surface area contributed by atoms with Crippen LogP contribution in [-0.2, 0) is 25.7 Å². The number of aliphatic hydroxyl groups excluding tert-OH is 2. The third-order valence-corrected chi connectivity index (χ3v) is 12.7. The number of Topliss-reactive ketones (excluding diaryl/α,β-unsaturated/α-hetero) is 2. The molecule has 6 aromatic carbocycles. The van der Waals surface area contributed by atoms with E-state index in [9.17, 15) is 19.8 Å². The summed E-state index contributed by atoms with van der Waals surface area (Å²) in [7, 11) is 0. The summed E-state index contributed by atoms with van der Waals surface area (Å²) in [4.78, 5) is 26.8. The van der Waals surface area contributed by atoms with Gasteiger partial charge >= 0.3 is 18.9 Å². The largest absolute Gasteiger partial charge is 1.00 e. The predicted octanol–water partition coefficient (Wildman–Crippen LogP) is 8.67. The molecule has 0 radical (unpaired) electrons. The zero-order chi connectivity index (χ0) is 40.3. The monoisotopic (exact) mass is 1150 g/mol. The van der Waals surface area contributed by atoms with Crippen LogP contribution in [0.1, 0.15) is 91.7 Å². The summed E-state index contributed by atoms with van der Waals surface area (Å²) in [6.45, 7) is 0. The summed E-state index contributed by atoms with van der Waals surface area (Å²) < 4.78 is 0. The van der Waals surface area contributed by atoms with Crippen LogP contribution < -0.4 is 18.9 Å². The van der Waals surface area contributed by atoms with Crippen molar-refractivity contribution in [3.8, 4) is 0 Å². The molecule has 0 bridgehead atoms. The van der Waals surface area contributed by atoms with E-state index in [0.29, 0.717) is 18.4 Å². The van der Waals surface area contributed by atoms with Crippen LogP contribution in [0.5, 0.6) is 0 Å². The Labute approximate surface area is 423 Å². The van der Waals surface area contributed by atoms with Crippen molar-refractivity contribution < 1.29 is 40.1 Å². The van der Waals surface area contributed by atoms with E-state index >= 15 is 0 Å². The van der Waals surface area contributed by atoms with Crippen LogP contribution in [0.25, 0.3) is 12.2 Å². The minimum Gasteiger partial charge on any atom is -1.00 e. The molecule has 9 heteroatoms. The van der Waals surface area contributed by atoms with Crippen molar-refractivity contribution >= 4 is 102 Å². The average Bonchev–Trinajstić information content (AvgIpc) is 4.05. The zero-order valence-electron chi connectivity index (χ0n) is 34.4. The number of fused-ring (bicyclic) bond motifs is 4. The summed E-state index contributed by atoms with van der Waals surface area (Å²) in [5, 5.41) is 22.6. The maximum absolute atomic E-state index is 13.6. The summed E-state index contributed by atoms with van der Waals surface area (Å²) in [6, 6.07) is 51.7. The molecule has 0 saturated heterocycles. The van der Waals surface area contributed by atoms with Crippen molar-refractivity contribution in [1.29, 1.82) is 0 Å². The first-order valence-corrected chi connectivity index (χ1v) is 26.1. The Balaban J connectivity index is 0.000000247. The molecule has 0 aromatic heterocycles. The SMILES string of the molecule is I.II.O=C(CC1(C2=Cc3ccccc3C2)Cc2ccccc2C1=O)c1ccccc1.OC(CC1(C2=Cc3ccccc3C2)Cc2ccccc2C1O)c1ccccc1.[AlH3].[H-].[Li+]. The van der Waals surface area contributed by atoms with E-state index in [1.807, 2.05) is 115 Å². The van der Waals surface area contributed by atoms with Gasteiger partial charge in [-0.3, -0.25) is 9.59 Å². The molecule has 0 fully saturated rings. The Morgan fingerprint density at radius 2 is 1.15 bits per heavy atom. The fourth-order valence-corrected chi connectivity index (χ4v) is 9.70. The van der Waals surface area contributed by atoms with Gasteiger partial charge < -0.3 is 11.6 Å². The van der Waals surface area contributed by atoms with Gasteiger partial charge in [-0.2, -0.15) is 0 Å². The Kier molecular flexibility index (Phi) is 17.7. The van der Waals surface area contributed by atoms with E-state index in [-0.39, 0.29) is 79.6 Å². The van der Waals surface area contributed by atoms with Crippen molar-refractivity contribution in [2.24, 2.45) is 10.8 Å². The number of benzene rings is 6. The van der Waals surface area contributed by atoms with Gasteiger partial charge in [0.2, 0.25) is 0 Å². The molecule has 4 aliphatic carbocycles. The Bertz CT molecular complexity index is 2550. The molecular weight excluding hydrogens is 1100 g/mol. The van der Waals surface area contributed by atoms with E-state index in [2.05, 4.69) is 91.8 Å². The molecule has 0 aliphatic heterocycles. The Hall–Kier alpha value is -2.62. The zero-order valence-corrected chi connectivity index (χ0v) is 40.1. The summed E-state index contributed by atoms with van der Waals surface area (Å²) in [5.41, 5.74) is 11.5. The fourth-order valence-electron chi connectivity index (χ4n) is 9.70. The van der Waals surface area contributed by atoms with Crippen LogP contribution >= 0.6 is 61.2 Å². The second-order valence-electron chi connectivity index (χ2n) is 15.9. The Morgan fingerprint density at radius 1 is 0.656 bits per heavy atom. The standard InChI is InChI=1S/C26H24O2.C26H20O2.Al.I2.HI.Li.4H/c2*27-24(18-8-2-1-3-9-18)17-26(16-21-12-6-7-13-23(21)25(26)28)22-14-19-10-4-5-11-20(19)15-22;;1-2;;;;;;/h1-14,24-25,27-28H,15-17H2;1-14H,15-17H2;;;1H;;;;;/q;;;;;+1;;;;-1. The van der Waals surface area contributed by atoms with Crippen molar-refractivity contribution in [2.75, 3.05) is 0 Å². The number of aliphatic hydroxyl groups is 2. The number of halogens is 3. The number of hydrogen-bond acceptors (Lipinski definition) is 4. The molecular formula is C52H49AlI3LiO4. The van der Waals surface area contributed by atoms with Gasteiger partial charge in [0, 0.05) is 60.2 Å². The third-order valence-electron chi connectivity index (χ3n) is 12.7. The van der Waals surface area contributed by atoms with Crippen LogP contribution in [0, 0.1) is 10.8 Å². The Morgan fingerprint density at radius 3 is 1.74 bits per heavy atom. The number of hydrogen-bond donors (Lipinski definition) is 2. The van der Waals surface area contributed by atoms with Gasteiger partial charge in [0.25, 0.3) is 0 Å². The van der Waals surface area contributed by atoms with Crippen molar-refractivity contribution in [3.05, 3.63) is 225 Å². The normalized spacial score (nSPS) is 20.1. The van der Waals surface area contributed by atoms with Gasteiger partial charge in [0.15, 0.2) is 28.9 Å². The maximum atomic E-state index is 13.6. The molecule has 10 rings (SSSR count). The molecule has 2 N–H and O–H groups in total. The predicted molar refractivity (Wildman–Crippen MR) is 277 cm³/mol. The van der Waals surface area contributed by atoms with Gasteiger partial charge in [-0.1, -0.05) is 181 Å². The van der Waals surface area contributed by atoms with Crippen molar-refractivity contribution in [2.45, 2.75) is 50.7 Å². The van der Waals surface area contributed by atoms with Crippen LogP contribution in [-0.4, -0.2) is 39.1 Å². The quantitative estimate of drug-likeness (QED) is 0.0910. The third kappa shape index (κ3) is 9.89. The number of carbonyl (C=O) groups is 2. The molecule has 4 aliphatic rings. The van der Waals surface area contributed by atoms with Crippen LogP contribution in [0.4, 0.5) is 0 Å². The molecule has 6 aromatic rings. The van der Waals surface area contributed by atoms with Gasteiger partial charge in [-0.05, 0) is 76.6 Å². The van der Waals surface area contributed by atoms with Gasteiger partial charge in [-0.15, -0.1) is 24.0 Å². The van der Waals surface area contributed by atoms with Crippen molar-refractivity contribution in [1.82, 2.24) is 0 Å². The van der Waals surface area contributed by atoms with E-state index < -0.39 is 23.0 Å². The van der Waals surface area contributed by atoms with E-state index in [1.54, 1.807) is 0 Å². The first-order chi connectivity index (χ1) is 28.3. The number of rotatable bonds is 8. The van der Waals surface area contributed by atoms with Gasteiger partial charge in [0.1, 0.15) is 0 Å². The molecule has 61 heavy (non-hydrogen) atoms. The summed E-state index contributed by atoms with van der Waals surface area (Å²) >= 11 is 4.24. The molecule has 0 spiro atoms. The summed E-state index contributed by atoms with van der Waals surface area (Å²) in [5.74, 6) is 0.116. The number of allylic oxidation sites excluding steroid dienone is 1. The van der Waals surface area contributed by atoms with E-state index in [4.69, 9.17) is 0 Å². The summed E-state index contributed by atoms with van der Waals surface area (Å²) in [6.07, 6.45) is 6.79. The first kappa shape index (κ1) is 49.4. The number of ketones is 2. The fraction of sp³-hybridized carbons (Fsp3) is 0.192. The van der Waals surface area contributed by atoms with Gasteiger partial charge in [0.05, 0.1) is 17.6 Å². The van der Waals surface area contributed by atoms with E-state index in [0.717, 1.165) is 52.7 Å². The molecule has 4 nitrogen and oxygen atoms in total. The van der Waals surface area contributed by atoms with Crippen LogP contribution in [0.15, 0.2) is 169 Å². The molecule has 4 atom stereocenters. The first-order valence-electron chi connectivity index (χ1n) is 19.8. The minimum atomic E-state index is -0.782. The van der Waals surface area contributed by atoms with Crippen LogP contribution in [0.3, 0.4) is 0 Å². The molecule has 4 unspecified atom stereocenters. The molecule has 0 saturated carbocycles. The maximum Gasteiger partial charge on any atom is 1.00 e. The molecule has 0 heterocycles. The molecule has 0 amide bonds. The van der Waals surface area contributed by atoms with Crippen LogP contribution in [0.2, 0.25) is 0 Å². The second-order valence-corrected chi connectivity index (χ2v) is 15.9. The number of carbonyl (C=O) groups excluding carboxylic acids is 2. The smallest absolute Gasteiger partial charge is 1.00 e. The van der Waals surface area contributed by atoms with Gasteiger partial charge in [-0.25, -0.2) is 0 Å². The average molecular weight is 1150 g/mol. The second kappa shape index (κ2) is 21.8.